The average Bonchev–Trinajstić information content (AvgIpc) is 2.57. The molecule has 0 aliphatic heterocycles. The van der Waals surface area contributed by atoms with E-state index in [-0.39, 0.29) is 5.69 Å². The van der Waals surface area contributed by atoms with Gasteiger partial charge in [-0.05, 0) is 43.2 Å². The first kappa shape index (κ1) is 16.4. The van der Waals surface area contributed by atoms with Crippen LogP contribution in [-0.4, -0.2) is 20.8 Å². The molecule has 126 valence electrons. The third-order valence-electron chi connectivity index (χ3n) is 3.77. The van der Waals surface area contributed by atoms with E-state index in [4.69, 9.17) is 0 Å². The number of hydrogen-bond donors (Lipinski definition) is 2. The zero-order chi connectivity index (χ0) is 18.0. The summed E-state index contributed by atoms with van der Waals surface area (Å²) in [4.78, 5) is 24.6. The average molecular weight is 335 g/mol. The number of benzene rings is 2. The van der Waals surface area contributed by atoms with Gasteiger partial charge in [0, 0.05) is 11.8 Å². The van der Waals surface area contributed by atoms with Crippen LogP contribution in [0.1, 0.15) is 21.6 Å². The van der Waals surface area contributed by atoms with Gasteiger partial charge in [0.15, 0.2) is 11.4 Å². The minimum atomic E-state index is -0.590. The highest BCUT2D eigenvalue weighted by Crippen LogP contribution is 2.18. The molecule has 0 spiro atoms. The van der Waals surface area contributed by atoms with Crippen molar-refractivity contribution in [2.45, 2.75) is 13.8 Å². The summed E-state index contributed by atoms with van der Waals surface area (Å²) in [5.74, 6) is -1.05. The molecule has 6 heteroatoms. The van der Waals surface area contributed by atoms with Crippen molar-refractivity contribution in [1.82, 2.24) is 9.78 Å². The van der Waals surface area contributed by atoms with Gasteiger partial charge in [0.25, 0.3) is 11.5 Å². The van der Waals surface area contributed by atoms with E-state index in [0.29, 0.717) is 11.4 Å². The molecule has 3 aromatic rings. The van der Waals surface area contributed by atoms with E-state index in [2.05, 4.69) is 10.4 Å². The molecule has 0 saturated carbocycles. The fourth-order valence-corrected chi connectivity index (χ4v) is 2.45. The van der Waals surface area contributed by atoms with Gasteiger partial charge in [0.1, 0.15) is 0 Å². The summed E-state index contributed by atoms with van der Waals surface area (Å²) in [5, 5.41) is 16.7. The number of nitrogens with zero attached hydrogens (tertiary/aromatic N) is 2. The van der Waals surface area contributed by atoms with E-state index in [0.717, 1.165) is 21.9 Å². The topological polar surface area (TPSA) is 84.2 Å². The minimum Gasteiger partial charge on any atom is -0.505 e. The number of carbonyl (C=O) groups is 1. The van der Waals surface area contributed by atoms with E-state index in [9.17, 15) is 14.7 Å². The number of amides is 1. The van der Waals surface area contributed by atoms with Crippen LogP contribution in [-0.2, 0) is 0 Å². The van der Waals surface area contributed by atoms with Crippen LogP contribution >= 0.6 is 0 Å². The summed E-state index contributed by atoms with van der Waals surface area (Å²) in [5.41, 5.74) is 2.23. The summed E-state index contributed by atoms with van der Waals surface area (Å²) in [6.45, 7) is 3.75. The van der Waals surface area contributed by atoms with E-state index in [1.54, 1.807) is 30.3 Å². The van der Waals surface area contributed by atoms with Gasteiger partial charge in [0.2, 0.25) is 0 Å². The van der Waals surface area contributed by atoms with Crippen LogP contribution in [0.3, 0.4) is 0 Å². The highest BCUT2D eigenvalue weighted by atomic mass is 16.3. The van der Waals surface area contributed by atoms with Gasteiger partial charge >= 0.3 is 0 Å². The molecule has 2 N–H and O–H groups in total. The van der Waals surface area contributed by atoms with E-state index >= 15 is 0 Å². The van der Waals surface area contributed by atoms with Gasteiger partial charge in [-0.1, -0.05) is 30.3 Å². The Labute approximate surface area is 144 Å². The lowest BCUT2D eigenvalue weighted by atomic mass is 10.2. The fourth-order valence-electron chi connectivity index (χ4n) is 2.45. The maximum Gasteiger partial charge on any atom is 0.279 e. The molecular weight excluding hydrogens is 318 g/mol. The Morgan fingerprint density at radius 1 is 1.08 bits per heavy atom. The number of anilines is 1. The molecule has 6 nitrogen and oxygen atoms in total. The first-order chi connectivity index (χ1) is 12.0. The first-order valence-corrected chi connectivity index (χ1v) is 7.73. The second-order valence-electron chi connectivity index (χ2n) is 5.74. The number of carbonyl (C=O) groups excluding carboxylic acids is 1. The van der Waals surface area contributed by atoms with Crippen molar-refractivity contribution < 1.29 is 9.90 Å². The number of aromatic nitrogens is 2. The number of rotatable bonds is 3. The molecule has 0 saturated heterocycles. The predicted molar refractivity (Wildman–Crippen MR) is 95.4 cm³/mol. The van der Waals surface area contributed by atoms with Crippen molar-refractivity contribution in [3.05, 3.63) is 81.8 Å². The molecule has 0 fully saturated rings. The molecule has 2 aromatic carbocycles. The van der Waals surface area contributed by atoms with Gasteiger partial charge in [-0.15, -0.1) is 0 Å². The van der Waals surface area contributed by atoms with Crippen molar-refractivity contribution in [2.75, 3.05) is 5.32 Å². The Kier molecular flexibility index (Phi) is 4.35. The maximum absolute atomic E-state index is 12.5. The third-order valence-corrected chi connectivity index (χ3v) is 3.77. The van der Waals surface area contributed by atoms with Gasteiger partial charge in [0.05, 0.1) is 5.69 Å². The van der Waals surface area contributed by atoms with E-state index in [1.807, 2.05) is 32.0 Å². The number of nitrogens with one attached hydrogen (secondary N) is 1. The first-order valence-electron chi connectivity index (χ1n) is 7.73. The summed E-state index contributed by atoms with van der Waals surface area (Å²) in [7, 11) is 0. The zero-order valence-corrected chi connectivity index (χ0v) is 13.9. The number of aromatic hydroxyl groups is 1. The summed E-state index contributed by atoms with van der Waals surface area (Å²) in [6, 6.07) is 15.4. The molecule has 25 heavy (non-hydrogen) atoms. The van der Waals surface area contributed by atoms with Crippen LogP contribution in [0.5, 0.6) is 5.75 Å². The van der Waals surface area contributed by atoms with Crippen molar-refractivity contribution >= 4 is 11.6 Å². The predicted octanol–water partition coefficient (Wildman–Crippen LogP) is 2.81. The number of aryl methyl sites for hydroxylation is 2. The van der Waals surface area contributed by atoms with Crippen molar-refractivity contribution in [1.29, 1.82) is 0 Å². The monoisotopic (exact) mass is 335 g/mol. The molecule has 0 radical (unpaired) electrons. The van der Waals surface area contributed by atoms with Gasteiger partial charge in [-0.3, -0.25) is 9.59 Å². The third kappa shape index (κ3) is 3.42. The van der Waals surface area contributed by atoms with Crippen molar-refractivity contribution in [3.63, 3.8) is 0 Å². The van der Waals surface area contributed by atoms with Gasteiger partial charge in [-0.2, -0.15) is 9.78 Å². The lowest BCUT2D eigenvalue weighted by molar-refractivity contribution is 0.101. The molecule has 3 rings (SSSR count). The van der Waals surface area contributed by atoms with Crippen LogP contribution in [0, 0.1) is 13.8 Å². The lowest BCUT2D eigenvalue weighted by Crippen LogP contribution is -2.25. The smallest absolute Gasteiger partial charge is 0.279 e. The zero-order valence-electron chi connectivity index (χ0n) is 13.9. The van der Waals surface area contributed by atoms with Crippen molar-refractivity contribution in [2.24, 2.45) is 0 Å². The Morgan fingerprint density at radius 2 is 1.84 bits per heavy atom. The SMILES string of the molecule is Cc1cccc(-n2nc(C(=O)Nc3ccccc3C)c(O)cc2=O)c1. The number of para-hydroxylation sites is 1. The molecule has 1 heterocycles. The molecule has 0 aliphatic rings. The highest BCUT2D eigenvalue weighted by molar-refractivity contribution is 6.04. The van der Waals surface area contributed by atoms with Crippen LogP contribution in [0.15, 0.2) is 59.4 Å². The van der Waals surface area contributed by atoms with Crippen LogP contribution < -0.4 is 10.9 Å². The maximum atomic E-state index is 12.5. The largest absolute Gasteiger partial charge is 0.505 e. The molecule has 1 amide bonds. The molecule has 1 aromatic heterocycles. The van der Waals surface area contributed by atoms with E-state index < -0.39 is 17.2 Å². The number of hydrogen-bond acceptors (Lipinski definition) is 4. The molecule has 0 atom stereocenters. The summed E-state index contributed by atoms with van der Waals surface area (Å²) >= 11 is 0. The Bertz CT molecular complexity index is 1010. The standard InChI is InChI=1S/C19H17N3O3/c1-12-6-5-8-14(10-12)22-17(24)11-16(23)18(21-22)19(25)20-15-9-4-3-7-13(15)2/h3-11,23H,1-2H3,(H,20,25). The quantitative estimate of drug-likeness (QED) is 0.771. The second kappa shape index (κ2) is 6.60. The van der Waals surface area contributed by atoms with Crippen molar-refractivity contribution in [3.8, 4) is 11.4 Å². The van der Waals surface area contributed by atoms with Crippen LogP contribution in [0.4, 0.5) is 5.69 Å². The molecule has 0 bridgehead atoms. The fraction of sp³-hybridized carbons (Fsp3) is 0.105. The van der Waals surface area contributed by atoms with Gasteiger partial charge in [-0.25, -0.2) is 0 Å². The molecule has 0 aliphatic carbocycles. The minimum absolute atomic E-state index is 0.218. The molecule has 0 unspecified atom stereocenters. The second-order valence-corrected chi connectivity index (χ2v) is 5.74. The molecular formula is C19H17N3O3. The summed E-state index contributed by atoms with van der Waals surface area (Å²) < 4.78 is 1.10. The van der Waals surface area contributed by atoms with Crippen LogP contribution in [0.25, 0.3) is 5.69 Å². The van der Waals surface area contributed by atoms with E-state index in [1.165, 1.54) is 0 Å². The van der Waals surface area contributed by atoms with Crippen LogP contribution in [0.2, 0.25) is 0 Å². The Balaban J connectivity index is 2.02. The highest BCUT2D eigenvalue weighted by Gasteiger charge is 2.17. The van der Waals surface area contributed by atoms with Gasteiger partial charge < -0.3 is 10.4 Å². The normalized spacial score (nSPS) is 10.5. The summed E-state index contributed by atoms with van der Waals surface area (Å²) in [6.07, 6.45) is 0. The lowest BCUT2D eigenvalue weighted by Gasteiger charge is -2.11. The Morgan fingerprint density at radius 3 is 2.56 bits per heavy atom. The Hall–Kier alpha value is -3.41.